The van der Waals surface area contributed by atoms with E-state index < -0.39 is 10.0 Å². The van der Waals surface area contributed by atoms with Gasteiger partial charge >= 0.3 is 0 Å². The summed E-state index contributed by atoms with van der Waals surface area (Å²) in [5.41, 5.74) is 1.18. The molecular formula is C23H29Cl2N3O3S. The van der Waals surface area contributed by atoms with Crippen molar-refractivity contribution in [2.45, 2.75) is 31.1 Å². The van der Waals surface area contributed by atoms with Crippen LogP contribution >= 0.6 is 23.2 Å². The Labute approximate surface area is 200 Å². The van der Waals surface area contributed by atoms with Crippen molar-refractivity contribution in [1.82, 2.24) is 9.62 Å². The SMILES string of the molecule is CCN(CCCNC(=O)C1CCN(S(=O)(=O)c2cc(Cl)ccc2Cl)CC1)c1ccccc1. The highest BCUT2D eigenvalue weighted by atomic mass is 35.5. The van der Waals surface area contributed by atoms with Gasteiger partial charge in [0.1, 0.15) is 4.90 Å². The van der Waals surface area contributed by atoms with Crippen molar-refractivity contribution < 1.29 is 13.2 Å². The summed E-state index contributed by atoms with van der Waals surface area (Å²) in [6.07, 6.45) is 1.80. The Kier molecular flexibility index (Phi) is 8.82. The van der Waals surface area contributed by atoms with Gasteiger partial charge in [-0.15, -0.1) is 0 Å². The normalized spacial score (nSPS) is 15.5. The summed E-state index contributed by atoms with van der Waals surface area (Å²) >= 11 is 12.0. The summed E-state index contributed by atoms with van der Waals surface area (Å²) in [4.78, 5) is 14.9. The van der Waals surface area contributed by atoms with E-state index in [0.717, 1.165) is 19.5 Å². The van der Waals surface area contributed by atoms with Crippen molar-refractivity contribution in [1.29, 1.82) is 0 Å². The molecule has 2 aromatic carbocycles. The van der Waals surface area contributed by atoms with E-state index in [9.17, 15) is 13.2 Å². The first-order valence-electron chi connectivity index (χ1n) is 10.9. The first-order chi connectivity index (χ1) is 15.3. The number of halogens is 2. The third-order valence-corrected chi connectivity index (χ3v) is 8.36. The van der Waals surface area contributed by atoms with Gasteiger partial charge in [-0.2, -0.15) is 4.31 Å². The van der Waals surface area contributed by atoms with Crippen LogP contribution in [0.5, 0.6) is 0 Å². The lowest BCUT2D eigenvalue weighted by Crippen LogP contribution is -2.43. The molecule has 1 fully saturated rings. The predicted molar refractivity (Wildman–Crippen MR) is 130 cm³/mol. The molecule has 0 aliphatic carbocycles. The summed E-state index contributed by atoms with van der Waals surface area (Å²) < 4.78 is 27.3. The van der Waals surface area contributed by atoms with Gasteiger partial charge in [0.2, 0.25) is 15.9 Å². The Bertz CT molecular complexity index is 1010. The zero-order valence-electron chi connectivity index (χ0n) is 18.1. The van der Waals surface area contributed by atoms with Crippen LogP contribution in [0.4, 0.5) is 5.69 Å². The molecule has 1 aliphatic rings. The Morgan fingerprint density at radius 1 is 1.12 bits per heavy atom. The number of nitrogens with one attached hydrogen (secondary N) is 1. The minimum absolute atomic E-state index is 0.00784. The van der Waals surface area contributed by atoms with Crippen molar-refractivity contribution in [3.8, 4) is 0 Å². The molecule has 1 aliphatic heterocycles. The van der Waals surface area contributed by atoms with Crippen molar-refractivity contribution in [3.63, 3.8) is 0 Å². The number of hydrogen-bond donors (Lipinski definition) is 1. The lowest BCUT2D eigenvalue weighted by Gasteiger charge is -2.31. The van der Waals surface area contributed by atoms with E-state index in [1.165, 1.54) is 22.1 Å². The average Bonchev–Trinajstić information content (AvgIpc) is 2.81. The Hall–Kier alpha value is -1.80. The van der Waals surface area contributed by atoms with Gasteiger partial charge in [-0.1, -0.05) is 41.4 Å². The van der Waals surface area contributed by atoms with E-state index in [2.05, 4.69) is 29.3 Å². The van der Waals surface area contributed by atoms with E-state index >= 15 is 0 Å². The van der Waals surface area contributed by atoms with Crippen molar-refractivity contribution >= 4 is 44.8 Å². The maximum Gasteiger partial charge on any atom is 0.244 e. The number of piperidine rings is 1. The molecule has 2 aromatic rings. The second kappa shape index (κ2) is 11.4. The molecule has 0 aromatic heterocycles. The topological polar surface area (TPSA) is 69.7 Å². The first kappa shape index (κ1) is 24.8. The quantitative estimate of drug-likeness (QED) is 0.520. The van der Waals surface area contributed by atoms with Gasteiger partial charge in [-0.3, -0.25) is 4.79 Å². The standard InChI is InChI=1S/C23H29Cl2N3O3S/c1-2-27(20-7-4-3-5-8-20)14-6-13-26-23(29)18-11-15-28(16-12-18)32(30,31)22-17-19(24)9-10-21(22)25/h3-5,7-10,17-18H,2,6,11-16H2,1H3,(H,26,29). The Morgan fingerprint density at radius 3 is 2.47 bits per heavy atom. The van der Waals surface area contributed by atoms with Gasteiger partial charge in [0.15, 0.2) is 0 Å². The molecular weight excluding hydrogens is 469 g/mol. The number of sulfonamides is 1. The molecule has 0 bridgehead atoms. The van der Waals surface area contributed by atoms with Gasteiger partial charge in [0.05, 0.1) is 5.02 Å². The fraction of sp³-hybridized carbons (Fsp3) is 0.435. The molecule has 6 nitrogen and oxygen atoms in total. The number of para-hydroxylation sites is 1. The monoisotopic (exact) mass is 497 g/mol. The van der Waals surface area contributed by atoms with Gasteiger partial charge < -0.3 is 10.2 Å². The molecule has 1 N–H and O–H groups in total. The molecule has 1 amide bonds. The molecule has 0 unspecified atom stereocenters. The second-order valence-electron chi connectivity index (χ2n) is 7.81. The zero-order valence-corrected chi connectivity index (χ0v) is 20.5. The highest BCUT2D eigenvalue weighted by Crippen LogP contribution is 2.30. The van der Waals surface area contributed by atoms with Gasteiger partial charge in [-0.25, -0.2) is 8.42 Å². The van der Waals surface area contributed by atoms with Gasteiger partial charge in [0.25, 0.3) is 0 Å². The minimum atomic E-state index is -3.74. The van der Waals surface area contributed by atoms with Crippen LogP contribution in [-0.4, -0.2) is 51.4 Å². The first-order valence-corrected chi connectivity index (χ1v) is 13.1. The second-order valence-corrected chi connectivity index (χ2v) is 10.6. The number of carbonyl (C=O) groups excluding carboxylic acids is 1. The van der Waals surface area contributed by atoms with Crippen LogP contribution in [0.2, 0.25) is 10.0 Å². The third-order valence-electron chi connectivity index (χ3n) is 5.74. The summed E-state index contributed by atoms with van der Waals surface area (Å²) in [5.74, 6) is -0.196. The van der Waals surface area contributed by atoms with E-state index in [-0.39, 0.29) is 34.8 Å². The van der Waals surface area contributed by atoms with Crippen LogP contribution in [0.15, 0.2) is 53.4 Å². The third kappa shape index (κ3) is 6.16. The zero-order chi connectivity index (χ0) is 23.1. The largest absolute Gasteiger partial charge is 0.372 e. The van der Waals surface area contributed by atoms with Gasteiger partial charge in [0, 0.05) is 49.4 Å². The molecule has 9 heteroatoms. The number of rotatable bonds is 9. The number of carbonyl (C=O) groups is 1. The van der Waals surface area contributed by atoms with E-state index in [1.807, 2.05) is 18.2 Å². The van der Waals surface area contributed by atoms with Crippen molar-refractivity contribution in [2.75, 3.05) is 37.6 Å². The number of hydrogen-bond acceptors (Lipinski definition) is 4. The minimum Gasteiger partial charge on any atom is -0.372 e. The molecule has 3 rings (SSSR count). The summed E-state index contributed by atoms with van der Waals surface area (Å²) in [6.45, 7) is 5.03. The average molecular weight is 498 g/mol. The lowest BCUT2D eigenvalue weighted by atomic mass is 9.97. The molecule has 0 saturated carbocycles. The maximum absolute atomic E-state index is 12.9. The fourth-order valence-electron chi connectivity index (χ4n) is 3.91. The van der Waals surface area contributed by atoms with Gasteiger partial charge in [-0.05, 0) is 56.5 Å². The molecule has 174 valence electrons. The van der Waals surface area contributed by atoms with Crippen LogP contribution in [0, 0.1) is 5.92 Å². The molecule has 0 atom stereocenters. The molecule has 0 spiro atoms. The van der Waals surface area contributed by atoms with Crippen LogP contribution in [0.3, 0.4) is 0 Å². The molecule has 1 saturated heterocycles. The molecule has 1 heterocycles. The fourth-order valence-corrected chi connectivity index (χ4v) is 6.11. The summed E-state index contributed by atoms with van der Waals surface area (Å²) in [5, 5.41) is 3.47. The number of nitrogens with zero attached hydrogens (tertiary/aromatic N) is 2. The Morgan fingerprint density at radius 2 is 1.81 bits per heavy atom. The van der Waals surface area contributed by atoms with Crippen LogP contribution in [0.1, 0.15) is 26.2 Å². The number of anilines is 1. The Balaban J connectivity index is 1.46. The smallest absolute Gasteiger partial charge is 0.244 e. The summed E-state index contributed by atoms with van der Waals surface area (Å²) in [6, 6.07) is 14.6. The lowest BCUT2D eigenvalue weighted by molar-refractivity contribution is -0.126. The van der Waals surface area contributed by atoms with Crippen molar-refractivity contribution in [2.24, 2.45) is 5.92 Å². The van der Waals surface area contributed by atoms with E-state index in [0.29, 0.717) is 24.4 Å². The van der Waals surface area contributed by atoms with Crippen LogP contribution in [0.25, 0.3) is 0 Å². The molecule has 32 heavy (non-hydrogen) atoms. The number of benzene rings is 2. The predicted octanol–water partition coefficient (Wildman–Crippen LogP) is 4.43. The highest BCUT2D eigenvalue weighted by molar-refractivity contribution is 7.89. The summed E-state index contributed by atoms with van der Waals surface area (Å²) in [7, 11) is -3.74. The maximum atomic E-state index is 12.9. The van der Waals surface area contributed by atoms with Crippen LogP contribution < -0.4 is 10.2 Å². The highest BCUT2D eigenvalue weighted by Gasteiger charge is 2.33. The van der Waals surface area contributed by atoms with E-state index in [4.69, 9.17) is 23.2 Å². The van der Waals surface area contributed by atoms with Crippen LogP contribution in [-0.2, 0) is 14.8 Å². The van der Waals surface area contributed by atoms with E-state index in [1.54, 1.807) is 6.07 Å². The van der Waals surface area contributed by atoms with Crippen molar-refractivity contribution in [3.05, 3.63) is 58.6 Å². The number of amides is 1. The molecule has 0 radical (unpaired) electrons.